The molecule has 0 saturated carbocycles. The van der Waals surface area contributed by atoms with Crippen molar-refractivity contribution in [3.8, 4) is 0 Å². The summed E-state index contributed by atoms with van der Waals surface area (Å²) in [6.45, 7) is 0. The molecule has 126 valence electrons. The zero-order valence-electron chi connectivity index (χ0n) is 13.4. The van der Waals surface area contributed by atoms with E-state index in [4.69, 9.17) is 11.6 Å². The molecule has 0 aromatic heterocycles. The second-order valence-corrected chi connectivity index (χ2v) is 6.22. The molecule has 0 spiro atoms. The van der Waals surface area contributed by atoms with Gasteiger partial charge in [-0.15, -0.1) is 0 Å². The van der Waals surface area contributed by atoms with Crippen LogP contribution in [0, 0.1) is 0 Å². The Morgan fingerprint density at radius 2 is 1.56 bits per heavy atom. The largest absolute Gasteiger partial charge is 0.502 e. The van der Waals surface area contributed by atoms with Gasteiger partial charge in [-0.2, -0.15) is 0 Å². The number of aliphatic hydroxyl groups is 1. The number of fused-ring (bicyclic) bond motifs is 1. The number of halogens is 1. The molecule has 3 aromatic rings. The van der Waals surface area contributed by atoms with Crippen LogP contribution in [0.3, 0.4) is 0 Å². The van der Waals surface area contributed by atoms with Crippen molar-refractivity contribution in [2.45, 2.75) is 12.8 Å². The quantitative estimate of drug-likeness (QED) is 0.472. The summed E-state index contributed by atoms with van der Waals surface area (Å²) in [5, 5.41) is 22.1. The predicted molar refractivity (Wildman–Crippen MR) is 101 cm³/mol. The topological polar surface area (TPSA) is 57.5 Å². The second-order valence-electron chi connectivity index (χ2n) is 5.79. The van der Waals surface area contributed by atoms with Crippen molar-refractivity contribution >= 4 is 33.9 Å². The highest BCUT2D eigenvalue weighted by Gasteiger charge is 2.17. The average molecular weight is 353 g/mol. The van der Waals surface area contributed by atoms with Crippen LogP contribution in [-0.2, 0) is 11.2 Å². The zero-order chi connectivity index (χ0) is 17.8. The molecule has 0 atom stereocenters. The van der Waals surface area contributed by atoms with Gasteiger partial charge in [0.1, 0.15) is 0 Å². The Hall–Kier alpha value is -2.78. The summed E-state index contributed by atoms with van der Waals surface area (Å²) in [6.07, 6.45) is 1.01. The lowest BCUT2D eigenvalue weighted by atomic mass is 9.93. The second kappa shape index (κ2) is 7.41. The Morgan fingerprint density at radius 3 is 2.28 bits per heavy atom. The number of aryl methyl sites for hydroxylation is 1. The van der Waals surface area contributed by atoms with E-state index in [1.165, 1.54) is 0 Å². The summed E-state index contributed by atoms with van der Waals surface area (Å²) in [4.78, 5) is 11.4. The van der Waals surface area contributed by atoms with E-state index in [1.807, 2.05) is 54.6 Å². The third-order valence-corrected chi connectivity index (χ3v) is 4.43. The molecule has 4 heteroatoms. The molecule has 0 aliphatic rings. The maximum atomic E-state index is 11.4. The van der Waals surface area contributed by atoms with Gasteiger partial charge in [0.25, 0.3) is 0 Å². The van der Waals surface area contributed by atoms with Crippen molar-refractivity contribution in [2.75, 3.05) is 0 Å². The fraction of sp³-hybridized carbons (Fsp3) is 0.0952. The van der Waals surface area contributed by atoms with E-state index in [2.05, 4.69) is 0 Å². The van der Waals surface area contributed by atoms with Gasteiger partial charge in [0, 0.05) is 10.6 Å². The minimum atomic E-state index is -1.32. The summed E-state index contributed by atoms with van der Waals surface area (Å²) in [5.41, 5.74) is 2.20. The molecule has 0 heterocycles. The van der Waals surface area contributed by atoms with Gasteiger partial charge in [-0.3, -0.25) is 0 Å². The third kappa shape index (κ3) is 3.83. The minimum absolute atomic E-state index is 0.410. The van der Waals surface area contributed by atoms with E-state index in [9.17, 15) is 15.0 Å². The van der Waals surface area contributed by atoms with Crippen LogP contribution < -0.4 is 0 Å². The SMILES string of the molecule is O=C(O)/C(O)=C(/CCc1ccc(Cl)cc1)c1cccc2ccccc12. The Bertz CT molecular complexity index is 938. The lowest BCUT2D eigenvalue weighted by molar-refractivity contribution is -0.135. The van der Waals surface area contributed by atoms with Crippen LogP contribution >= 0.6 is 11.6 Å². The smallest absolute Gasteiger partial charge is 0.371 e. The normalized spacial score (nSPS) is 12.0. The molecule has 2 N–H and O–H groups in total. The molecule has 0 fully saturated rings. The molecule has 0 unspecified atom stereocenters. The van der Waals surface area contributed by atoms with E-state index in [1.54, 1.807) is 12.1 Å². The van der Waals surface area contributed by atoms with Gasteiger partial charge in [0.2, 0.25) is 5.76 Å². The number of allylic oxidation sites excluding steroid dienone is 1. The Labute approximate surface area is 150 Å². The number of hydrogen-bond donors (Lipinski definition) is 2. The number of carboxylic acids is 1. The van der Waals surface area contributed by atoms with E-state index < -0.39 is 11.7 Å². The van der Waals surface area contributed by atoms with Crippen LogP contribution in [0.5, 0.6) is 0 Å². The Kier molecular flexibility index (Phi) is 5.05. The van der Waals surface area contributed by atoms with Gasteiger partial charge < -0.3 is 10.2 Å². The Balaban J connectivity index is 2.02. The van der Waals surface area contributed by atoms with E-state index in [0.717, 1.165) is 21.9 Å². The highest BCUT2D eigenvalue weighted by atomic mass is 35.5. The number of carbonyl (C=O) groups is 1. The molecule has 0 aliphatic carbocycles. The highest BCUT2D eigenvalue weighted by Crippen LogP contribution is 2.30. The summed E-state index contributed by atoms with van der Waals surface area (Å²) < 4.78 is 0. The van der Waals surface area contributed by atoms with Gasteiger partial charge in [0.15, 0.2) is 0 Å². The average Bonchev–Trinajstić information content (AvgIpc) is 2.63. The van der Waals surface area contributed by atoms with Crippen LogP contribution in [0.4, 0.5) is 0 Å². The first-order chi connectivity index (χ1) is 12.1. The highest BCUT2D eigenvalue weighted by molar-refractivity contribution is 6.30. The van der Waals surface area contributed by atoms with Gasteiger partial charge in [-0.1, -0.05) is 66.2 Å². The van der Waals surface area contributed by atoms with Crippen molar-refractivity contribution in [1.29, 1.82) is 0 Å². The van der Waals surface area contributed by atoms with E-state index >= 15 is 0 Å². The molecule has 3 aromatic carbocycles. The number of hydrogen-bond acceptors (Lipinski definition) is 2. The first kappa shape index (κ1) is 17.1. The van der Waals surface area contributed by atoms with Crippen LogP contribution in [0.15, 0.2) is 72.5 Å². The van der Waals surface area contributed by atoms with Crippen LogP contribution in [-0.4, -0.2) is 16.2 Å². The molecule has 0 aliphatic heterocycles. The maximum absolute atomic E-state index is 11.4. The molecule has 0 amide bonds. The fourth-order valence-corrected chi connectivity index (χ4v) is 3.04. The Morgan fingerprint density at radius 1 is 0.880 bits per heavy atom. The lowest BCUT2D eigenvalue weighted by Gasteiger charge is -2.12. The maximum Gasteiger partial charge on any atom is 0.371 e. The molecular formula is C21H17ClO3. The summed E-state index contributed by atoms with van der Waals surface area (Å²) in [5.74, 6) is -1.93. The van der Waals surface area contributed by atoms with Crippen molar-refractivity contribution in [1.82, 2.24) is 0 Å². The summed E-state index contributed by atoms with van der Waals surface area (Å²) >= 11 is 5.90. The molecule has 0 saturated heterocycles. The summed E-state index contributed by atoms with van der Waals surface area (Å²) in [6, 6.07) is 20.8. The van der Waals surface area contributed by atoms with Gasteiger partial charge in [0.05, 0.1) is 0 Å². The molecule has 3 rings (SSSR count). The fourth-order valence-electron chi connectivity index (χ4n) is 2.92. The zero-order valence-corrected chi connectivity index (χ0v) is 14.2. The van der Waals surface area contributed by atoms with Gasteiger partial charge in [-0.25, -0.2) is 4.79 Å². The standard InChI is InChI=1S/C21H17ClO3/c22-16-11-8-14(9-12-16)10-13-19(20(23)21(24)25)18-7-3-5-15-4-1-2-6-17(15)18/h1-9,11-12,23H,10,13H2,(H,24,25)/b20-19+. The summed E-state index contributed by atoms with van der Waals surface area (Å²) in [7, 11) is 0. The number of rotatable bonds is 5. The van der Waals surface area contributed by atoms with E-state index in [-0.39, 0.29) is 0 Å². The van der Waals surface area contributed by atoms with Crippen LogP contribution in [0.25, 0.3) is 16.3 Å². The molecule has 3 nitrogen and oxygen atoms in total. The van der Waals surface area contributed by atoms with Gasteiger partial charge >= 0.3 is 5.97 Å². The monoisotopic (exact) mass is 352 g/mol. The number of aliphatic hydroxyl groups excluding tert-OH is 1. The van der Waals surface area contributed by atoms with Crippen molar-refractivity contribution in [3.63, 3.8) is 0 Å². The number of carboxylic acid groups (broad SMARTS) is 1. The first-order valence-corrected chi connectivity index (χ1v) is 8.32. The molecular weight excluding hydrogens is 336 g/mol. The van der Waals surface area contributed by atoms with E-state index in [0.29, 0.717) is 23.4 Å². The van der Waals surface area contributed by atoms with Crippen molar-refractivity contribution < 1.29 is 15.0 Å². The lowest BCUT2D eigenvalue weighted by Crippen LogP contribution is -2.05. The predicted octanol–water partition coefficient (Wildman–Crippen LogP) is 5.48. The number of aliphatic carboxylic acids is 1. The third-order valence-electron chi connectivity index (χ3n) is 4.18. The molecule has 0 radical (unpaired) electrons. The molecule has 0 bridgehead atoms. The van der Waals surface area contributed by atoms with Crippen molar-refractivity contribution in [3.05, 3.63) is 88.6 Å². The van der Waals surface area contributed by atoms with Gasteiger partial charge in [-0.05, 0) is 46.9 Å². The first-order valence-electron chi connectivity index (χ1n) is 7.94. The minimum Gasteiger partial charge on any atom is -0.502 e. The van der Waals surface area contributed by atoms with Crippen LogP contribution in [0.1, 0.15) is 17.5 Å². The molecule has 25 heavy (non-hydrogen) atoms. The number of benzene rings is 3. The van der Waals surface area contributed by atoms with Crippen LogP contribution in [0.2, 0.25) is 5.02 Å². The van der Waals surface area contributed by atoms with Crippen molar-refractivity contribution in [2.24, 2.45) is 0 Å².